The van der Waals surface area contributed by atoms with Crippen molar-refractivity contribution in [3.63, 3.8) is 0 Å². The molecule has 6 heteroatoms. The fourth-order valence-corrected chi connectivity index (χ4v) is 3.56. The van der Waals surface area contributed by atoms with Gasteiger partial charge in [-0.05, 0) is 49.6 Å². The Morgan fingerprint density at radius 2 is 2.17 bits per heavy atom. The monoisotopic (exact) mass is 315 g/mol. The van der Waals surface area contributed by atoms with Crippen molar-refractivity contribution in [2.45, 2.75) is 37.4 Å². The number of furan rings is 1. The molecule has 2 fully saturated rings. The standard InChI is InChI=1S/C17H18FN3O2/c18-12-7-9(19)1-3-11(12)15-5-6-16(23-15)17(22)21-14-8-10-2-4-13(14)20-10/h1,3,5-7,10,13-14,20H,2,4,8,19H2,(H,21,22). The van der Waals surface area contributed by atoms with E-state index in [0.29, 0.717) is 29.1 Å². The number of halogens is 1. The summed E-state index contributed by atoms with van der Waals surface area (Å²) < 4.78 is 19.5. The molecule has 0 radical (unpaired) electrons. The van der Waals surface area contributed by atoms with Crippen LogP contribution in [0, 0.1) is 5.82 Å². The molecule has 3 heterocycles. The predicted molar refractivity (Wildman–Crippen MR) is 84.3 cm³/mol. The lowest BCUT2D eigenvalue weighted by Gasteiger charge is -2.20. The Morgan fingerprint density at radius 3 is 2.87 bits per heavy atom. The van der Waals surface area contributed by atoms with E-state index in [0.717, 1.165) is 12.8 Å². The third kappa shape index (κ3) is 2.59. The van der Waals surface area contributed by atoms with Crippen LogP contribution in [0.15, 0.2) is 34.7 Å². The zero-order valence-corrected chi connectivity index (χ0v) is 12.5. The van der Waals surface area contributed by atoms with Crippen LogP contribution in [0.25, 0.3) is 11.3 Å². The van der Waals surface area contributed by atoms with E-state index >= 15 is 0 Å². The second kappa shape index (κ2) is 5.38. The summed E-state index contributed by atoms with van der Waals surface area (Å²) in [6.07, 6.45) is 3.23. The van der Waals surface area contributed by atoms with Crippen molar-refractivity contribution in [3.8, 4) is 11.3 Å². The van der Waals surface area contributed by atoms with Crippen molar-refractivity contribution in [1.82, 2.24) is 10.6 Å². The van der Waals surface area contributed by atoms with Crippen LogP contribution < -0.4 is 16.4 Å². The lowest BCUT2D eigenvalue weighted by atomic mass is 9.95. The Bertz CT molecular complexity index is 758. The summed E-state index contributed by atoms with van der Waals surface area (Å²) in [5.41, 5.74) is 6.18. The molecule has 2 aliphatic rings. The molecule has 1 aromatic carbocycles. The maximum Gasteiger partial charge on any atom is 0.287 e. The van der Waals surface area contributed by atoms with Gasteiger partial charge in [-0.25, -0.2) is 4.39 Å². The zero-order valence-electron chi connectivity index (χ0n) is 12.5. The molecule has 2 aliphatic heterocycles. The summed E-state index contributed by atoms with van der Waals surface area (Å²) in [4.78, 5) is 12.3. The first-order valence-electron chi connectivity index (χ1n) is 7.82. The Labute approximate surface area is 133 Å². The lowest BCUT2D eigenvalue weighted by molar-refractivity contribution is 0.0903. The van der Waals surface area contributed by atoms with Gasteiger partial charge in [-0.15, -0.1) is 0 Å². The number of carbonyl (C=O) groups excluding carboxylic acids is 1. The maximum atomic E-state index is 13.9. The largest absolute Gasteiger partial charge is 0.451 e. The van der Waals surface area contributed by atoms with Crippen molar-refractivity contribution in [3.05, 3.63) is 41.9 Å². The van der Waals surface area contributed by atoms with Crippen LogP contribution in [-0.4, -0.2) is 24.0 Å². The third-order valence-corrected chi connectivity index (χ3v) is 4.70. The van der Waals surface area contributed by atoms with Gasteiger partial charge < -0.3 is 20.8 Å². The molecule has 4 N–H and O–H groups in total. The normalized spacial score (nSPS) is 25.7. The number of anilines is 1. The van der Waals surface area contributed by atoms with Crippen LogP contribution in [0.1, 0.15) is 29.8 Å². The van der Waals surface area contributed by atoms with Crippen molar-refractivity contribution in [2.24, 2.45) is 0 Å². The summed E-state index contributed by atoms with van der Waals surface area (Å²) in [7, 11) is 0. The molecule has 1 aromatic heterocycles. The quantitative estimate of drug-likeness (QED) is 0.759. The molecule has 120 valence electrons. The van der Waals surface area contributed by atoms with Gasteiger partial charge in [0.2, 0.25) is 0 Å². The highest BCUT2D eigenvalue weighted by molar-refractivity contribution is 5.92. The smallest absolute Gasteiger partial charge is 0.287 e. The number of benzene rings is 1. The first-order chi connectivity index (χ1) is 11.1. The minimum absolute atomic E-state index is 0.142. The van der Waals surface area contributed by atoms with Gasteiger partial charge in [-0.3, -0.25) is 4.79 Å². The number of rotatable bonds is 3. The topological polar surface area (TPSA) is 80.3 Å². The molecule has 0 saturated carbocycles. The van der Waals surface area contributed by atoms with Crippen LogP contribution in [0.4, 0.5) is 10.1 Å². The van der Waals surface area contributed by atoms with Gasteiger partial charge >= 0.3 is 0 Å². The molecule has 0 aliphatic carbocycles. The van der Waals surface area contributed by atoms with Gasteiger partial charge in [-0.2, -0.15) is 0 Å². The summed E-state index contributed by atoms with van der Waals surface area (Å²) in [6.45, 7) is 0. The third-order valence-electron chi connectivity index (χ3n) is 4.70. The second-order valence-corrected chi connectivity index (χ2v) is 6.27. The highest BCUT2D eigenvalue weighted by atomic mass is 19.1. The molecule has 2 saturated heterocycles. The van der Waals surface area contributed by atoms with Crippen LogP contribution in [-0.2, 0) is 0 Å². The number of amides is 1. The summed E-state index contributed by atoms with van der Waals surface area (Å²) in [6, 6.07) is 8.56. The molecular weight excluding hydrogens is 297 g/mol. The molecule has 2 bridgehead atoms. The van der Waals surface area contributed by atoms with E-state index in [1.54, 1.807) is 24.3 Å². The van der Waals surface area contributed by atoms with E-state index in [-0.39, 0.29) is 17.7 Å². The van der Waals surface area contributed by atoms with E-state index in [1.807, 2.05) is 0 Å². The highest BCUT2D eigenvalue weighted by Crippen LogP contribution is 2.29. The molecule has 2 aromatic rings. The second-order valence-electron chi connectivity index (χ2n) is 6.27. The Balaban J connectivity index is 1.50. The Morgan fingerprint density at radius 1 is 1.30 bits per heavy atom. The fourth-order valence-electron chi connectivity index (χ4n) is 3.56. The molecule has 1 amide bonds. The molecule has 4 rings (SSSR count). The van der Waals surface area contributed by atoms with Gasteiger partial charge in [0.25, 0.3) is 5.91 Å². The van der Waals surface area contributed by atoms with Gasteiger partial charge in [0.15, 0.2) is 5.76 Å². The average Bonchev–Trinajstić information content (AvgIpc) is 3.23. The predicted octanol–water partition coefficient (Wildman–Crippen LogP) is 2.29. The SMILES string of the molecule is Nc1ccc(-c2ccc(C(=O)NC3CC4CCC3N4)o2)c(F)c1. The molecular formula is C17H18FN3O2. The van der Waals surface area contributed by atoms with E-state index < -0.39 is 5.82 Å². The molecule has 0 spiro atoms. The lowest BCUT2D eigenvalue weighted by Crippen LogP contribution is -2.42. The van der Waals surface area contributed by atoms with E-state index in [2.05, 4.69) is 10.6 Å². The van der Waals surface area contributed by atoms with Gasteiger partial charge in [-0.1, -0.05) is 0 Å². The number of carbonyl (C=O) groups is 1. The highest BCUT2D eigenvalue weighted by Gasteiger charge is 2.39. The van der Waals surface area contributed by atoms with E-state index in [9.17, 15) is 9.18 Å². The fraction of sp³-hybridized carbons (Fsp3) is 0.353. The number of hydrogen-bond acceptors (Lipinski definition) is 4. The van der Waals surface area contributed by atoms with Gasteiger partial charge in [0.1, 0.15) is 11.6 Å². The number of nitrogens with two attached hydrogens (primary N) is 1. The minimum atomic E-state index is -0.469. The van der Waals surface area contributed by atoms with Crippen molar-refractivity contribution in [2.75, 3.05) is 5.73 Å². The Hall–Kier alpha value is -2.34. The maximum absolute atomic E-state index is 13.9. The summed E-state index contributed by atoms with van der Waals surface area (Å²) >= 11 is 0. The molecule has 23 heavy (non-hydrogen) atoms. The minimum Gasteiger partial charge on any atom is -0.451 e. The Kier molecular flexibility index (Phi) is 3.34. The van der Waals surface area contributed by atoms with Crippen molar-refractivity contribution >= 4 is 11.6 Å². The molecule has 3 atom stereocenters. The van der Waals surface area contributed by atoms with Crippen LogP contribution >= 0.6 is 0 Å². The first-order valence-corrected chi connectivity index (χ1v) is 7.82. The van der Waals surface area contributed by atoms with E-state index in [1.165, 1.54) is 12.5 Å². The molecule has 3 unspecified atom stereocenters. The first kappa shape index (κ1) is 14.3. The van der Waals surface area contributed by atoms with E-state index in [4.69, 9.17) is 10.2 Å². The zero-order chi connectivity index (χ0) is 16.0. The number of hydrogen-bond donors (Lipinski definition) is 3. The summed E-state index contributed by atoms with van der Waals surface area (Å²) in [5.74, 6) is -0.215. The summed E-state index contributed by atoms with van der Waals surface area (Å²) in [5, 5.41) is 6.48. The van der Waals surface area contributed by atoms with Crippen LogP contribution in [0.3, 0.4) is 0 Å². The number of fused-ring (bicyclic) bond motifs is 2. The van der Waals surface area contributed by atoms with Crippen LogP contribution in [0.2, 0.25) is 0 Å². The van der Waals surface area contributed by atoms with Crippen molar-refractivity contribution < 1.29 is 13.6 Å². The number of nitrogens with one attached hydrogen (secondary N) is 2. The van der Waals surface area contributed by atoms with Gasteiger partial charge in [0, 0.05) is 23.8 Å². The van der Waals surface area contributed by atoms with Gasteiger partial charge in [0.05, 0.1) is 5.56 Å². The van der Waals surface area contributed by atoms with Crippen LogP contribution in [0.5, 0.6) is 0 Å². The molecule has 5 nitrogen and oxygen atoms in total. The number of nitrogen functional groups attached to an aromatic ring is 1. The average molecular weight is 315 g/mol. The van der Waals surface area contributed by atoms with Crippen molar-refractivity contribution in [1.29, 1.82) is 0 Å².